The molecule has 6 nitrogen and oxygen atoms in total. The van der Waals surface area contributed by atoms with Crippen molar-refractivity contribution in [3.63, 3.8) is 0 Å². The highest BCUT2D eigenvalue weighted by Crippen LogP contribution is 2.09. The molecule has 0 fully saturated rings. The molecule has 0 aliphatic heterocycles. The van der Waals surface area contributed by atoms with E-state index in [9.17, 15) is 9.59 Å². The van der Waals surface area contributed by atoms with Gasteiger partial charge in [0.15, 0.2) is 5.69 Å². The molecular weight excluding hydrogens is 242 g/mol. The molecule has 0 aliphatic rings. The van der Waals surface area contributed by atoms with Crippen LogP contribution in [0.5, 0.6) is 0 Å². The minimum Gasteiger partial charge on any atom is -0.476 e. The molecule has 0 spiro atoms. The quantitative estimate of drug-likeness (QED) is 0.670. The lowest BCUT2D eigenvalue weighted by Crippen LogP contribution is -2.34. The molecule has 1 unspecified atom stereocenters. The van der Waals surface area contributed by atoms with Gasteiger partial charge >= 0.3 is 5.97 Å². The number of nitrogens with one attached hydrogen (secondary N) is 1. The van der Waals surface area contributed by atoms with Crippen molar-refractivity contribution in [1.29, 1.82) is 0 Å². The van der Waals surface area contributed by atoms with Gasteiger partial charge in [-0.1, -0.05) is 6.92 Å². The summed E-state index contributed by atoms with van der Waals surface area (Å²) in [6, 6.07) is 0. The smallest absolute Gasteiger partial charge is 0.355 e. The molecule has 0 saturated heterocycles. The highest BCUT2D eigenvalue weighted by molar-refractivity contribution is 7.09. The summed E-state index contributed by atoms with van der Waals surface area (Å²) in [6.07, 6.45) is 0.529. The predicted octanol–water partition coefficient (Wildman–Crippen LogP) is 0.0948. The number of aromatic nitrogens is 1. The summed E-state index contributed by atoms with van der Waals surface area (Å²) < 4.78 is 0. The van der Waals surface area contributed by atoms with E-state index in [4.69, 9.17) is 10.8 Å². The lowest BCUT2D eigenvalue weighted by atomic mass is 10.2. The standard InChI is InChI=1S/C10H15N3O3S/c1-6(4-11)9(14)12-3-2-8-13-7(5-17-8)10(15)16/h5-6H,2-4,11H2,1H3,(H,12,14)(H,15,16). The number of carbonyl (C=O) groups excluding carboxylic acids is 1. The molecule has 0 aromatic carbocycles. The molecule has 1 atom stereocenters. The molecule has 1 aromatic rings. The van der Waals surface area contributed by atoms with Crippen LogP contribution in [0.25, 0.3) is 0 Å². The highest BCUT2D eigenvalue weighted by Gasteiger charge is 2.11. The first-order valence-electron chi connectivity index (χ1n) is 5.20. The van der Waals surface area contributed by atoms with E-state index in [1.807, 2.05) is 0 Å². The number of aromatic carboxylic acids is 1. The van der Waals surface area contributed by atoms with E-state index < -0.39 is 5.97 Å². The van der Waals surface area contributed by atoms with Crippen LogP contribution in [-0.4, -0.2) is 35.1 Å². The van der Waals surface area contributed by atoms with Crippen molar-refractivity contribution in [3.8, 4) is 0 Å². The van der Waals surface area contributed by atoms with Gasteiger partial charge in [-0.3, -0.25) is 4.79 Å². The van der Waals surface area contributed by atoms with Crippen molar-refractivity contribution in [2.45, 2.75) is 13.3 Å². The van der Waals surface area contributed by atoms with Crippen molar-refractivity contribution in [1.82, 2.24) is 10.3 Å². The van der Waals surface area contributed by atoms with Gasteiger partial charge in [0.1, 0.15) is 0 Å². The van der Waals surface area contributed by atoms with Gasteiger partial charge in [0.05, 0.1) is 5.01 Å². The fourth-order valence-corrected chi connectivity index (χ4v) is 1.87. The van der Waals surface area contributed by atoms with Gasteiger partial charge in [-0.15, -0.1) is 11.3 Å². The molecule has 17 heavy (non-hydrogen) atoms. The Hall–Kier alpha value is -1.47. The zero-order chi connectivity index (χ0) is 12.8. The highest BCUT2D eigenvalue weighted by atomic mass is 32.1. The lowest BCUT2D eigenvalue weighted by Gasteiger charge is -2.08. The number of nitrogens with zero attached hydrogens (tertiary/aromatic N) is 1. The first kappa shape index (κ1) is 13.6. The van der Waals surface area contributed by atoms with Crippen LogP contribution in [0.1, 0.15) is 22.4 Å². The second-order valence-electron chi connectivity index (χ2n) is 3.61. The van der Waals surface area contributed by atoms with Crippen LogP contribution < -0.4 is 11.1 Å². The molecule has 7 heteroatoms. The van der Waals surface area contributed by atoms with E-state index in [1.165, 1.54) is 16.7 Å². The first-order valence-corrected chi connectivity index (χ1v) is 6.08. The third kappa shape index (κ3) is 4.12. The Morgan fingerprint density at radius 3 is 2.88 bits per heavy atom. The molecule has 1 amide bonds. The largest absolute Gasteiger partial charge is 0.476 e. The Labute approximate surface area is 103 Å². The van der Waals surface area contributed by atoms with Crippen molar-refractivity contribution < 1.29 is 14.7 Å². The zero-order valence-electron chi connectivity index (χ0n) is 9.47. The molecule has 0 aliphatic carbocycles. The number of carboxylic acids is 1. The van der Waals surface area contributed by atoms with Gasteiger partial charge in [0.25, 0.3) is 0 Å². The fourth-order valence-electron chi connectivity index (χ4n) is 1.10. The number of nitrogens with two attached hydrogens (primary N) is 1. The number of rotatable bonds is 6. The second kappa shape index (κ2) is 6.31. The Morgan fingerprint density at radius 2 is 2.35 bits per heavy atom. The van der Waals surface area contributed by atoms with Crippen LogP contribution in [0, 0.1) is 5.92 Å². The Balaban J connectivity index is 2.35. The molecule has 0 radical (unpaired) electrons. The Morgan fingerprint density at radius 1 is 1.65 bits per heavy atom. The van der Waals surface area contributed by atoms with E-state index >= 15 is 0 Å². The summed E-state index contributed by atoms with van der Waals surface area (Å²) in [5.41, 5.74) is 5.40. The lowest BCUT2D eigenvalue weighted by molar-refractivity contribution is -0.124. The first-order chi connectivity index (χ1) is 8.04. The molecule has 1 aromatic heterocycles. The summed E-state index contributed by atoms with van der Waals surface area (Å²) in [7, 11) is 0. The van der Waals surface area contributed by atoms with Gasteiger partial charge < -0.3 is 16.2 Å². The maximum Gasteiger partial charge on any atom is 0.355 e. The monoisotopic (exact) mass is 257 g/mol. The van der Waals surface area contributed by atoms with E-state index in [0.29, 0.717) is 24.5 Å². The summed E-state index contributed by atoms with van der Waals surface area (Å²) in [6.45, 7) is 2.50. The predicted molar refractivity (Wildman–Crippen MR) is 64.0 cm³/mol. The number of hydrogen-bond donors (Lipinski definition) is 3. The van der Waals surface area contributed by atoms with Gasteiger partial charge in [-0.25, -0.2) is 9.78 Å². The average molecular weight is 257 g/mol. The number of carbonyl (C=O) groups is 2. The van der Waals surface area contributed by atoms with Gasteiger partial charge in [0.2, 0.25) is 5.91 Å². The third-order valence-corrected chi connectivity index (χ3v) is 3.12. The number of thiazole rings is 1. The van der Waals surface area contributed by atoms with Gasteiger partial charge in [0, 0.05) is 30.8 Å². The maximum absolute atomic E-state index is 11.4. The van der Waals surface area contributed by atoms with E-state index in [1.54, 1.807) is 6.92 Å². The molecule has 0 bridgehead atoms. The van der Waals surface area contributed by atoms with Crippen LogP contribution in [-0.2, 0) is 11.2 Å². The molecular formula is C10H15N3O3S. The van der Waals surface area contributed by atoms with Crippen molar-refractivity contribution in [3.05, 3.63) is 16.1 Å². The van der Waals surface area contributed by atoms with Crippen molar-refractivity contribution in [2.24, 2.45) is 11.7 Å². The average Bonchev–Trinajstić information content (AvgIpc) is 2.76. The van der Waals surface area contributed by atoms with Crippen LogP contribution in [0.15, 0.2) is 5.38 Å². The molecule has 0 saturated carbocycles. The molecule has 1 heterocycles. The third-order valence-electron chi connectivity index (χ3n) is 2.21. The summed E-state index contributed by atoms with van der Waals surface area (Å²) in [5.74, 6) is -1.34. The Kier molecular flexibility index (Phi) is 5.05. The van der Waals surface area contributed by atoms with Crippen molar-refractivity contribution in [2.75, 3.05) is 13.1 Å². The van der Waals surface area contributed by atoms with Gasteiger partial charge in [-0.05, 0) is 0 Å². The Bertz CT molecular complexity index is 405. The summed E-state index contributed by atoms with van der Waals surface area (Å²) in [4.78, 5) is 25.9. The normalized spacial score (nSPS) is 12.1. The number of amides is 1. The summed E-state index contributed by atoms with van der Waals surface area (Å²) in [5, 5.41) is 13.6. The minimum absolute atomic E-state index is 0.0478. The zero-order valence-corrected chi connectivity index (χ0v) is 10.3. The van der Waals surface area contributed by atoms with Crippen LogP contribution in [0.4, 0.5) is 0 Å². The van der Waals surface area contributed by atoms with E-state index in [0.717, 1.165) is 0 Å². The van der Waals surface area contributed by atoms with Crippen molar-refractivity contribution >= 4 is 23.2 Å². The topological polar surface area (TPSA) is 105 Å². The molecule has 94 valence electrons. The second-order valence-corrected chi connectivity index (χ2v) is 4.55. The SMILES string of the molecule is CC(CN)C(=O)NCCc1nc(C(=O)O)cs1. The van der Waals surface area contributed by atoms with Gasteiger partial charge in [-0.2, -0.15) is 0 Å². The van der Waals surface area contributed by atoms with E-state index in [-0.39, 0.29) is 17.5 Å². The van der Waals surface area contributed by atoms with Crippen LogP contribution in [0.2, 0.25) is 0 Å². The number of carboxylic acid groups (broad SMARTS) is 1. The van der Waals surface area contributed by atoms with Crippen LogP contribution in [0.3, 0.4) is 0 Å². The fraction of sp³-hybridized carbons (Fsp3) is 0.500. The number of hydrogen-bond acceptors (Lipinski definition) is 5. The van der Waals surface area contributed by atoms with Crippen LogP contribution >= 0.6 is 11.3 Å². The van der Waals surface area contributed by atoms with E-state index in [2.05, 4.69) is 10.3 Å². The summed E-state index contributed by atoms with van der Waals surface area (Å²) >= 11 is 1.28. The molecule has 4 N–H and O–H groups in total. The maximum atomic E-state index is 11.4. The molecule has 1 rings (SSSR count). The minimum atomic E-state index is -1.03.